The number of pyridine rings is 1. The number of carbonyl (C=O) groups is 3. The number of aliphatic carboxylic acids is 1. The lowest BCUT2D eigenvalue weighted by molar-refractivity contribution is -0.142. The van der Waals surface area contributed by atoms with Crippen LogP contribution in [0, 0.1) is 12.8 Å². The summed E-state index contributed by atoms with van der Waals surface area (Å²) >= 11 is 12.0. The van der Waals surface area contributed by atoms with Gasteiger partial charge in [0.25, 0.3) is 0 Å². The highest BCUT2D eigenvalue weighted by Crippen LogP contribution is 2.30. The zero-order valence-corrected chi connectivity index (χ0v) is 26.3. The van der Waals surface area contributed by atoms with Crippen LogP contribution in [-0.4, -0.2) is 93.4 Å². The Morgan fingerprint density at radius 1 is 1.09 bits per heavy atom. The third kappa shape index (κ3) is 6.93. The smallest absolute Gasteiger partial charge is 0.328 e. The van der Waals surface area contributed by atoms with Gasteiger partial charge in [0.1, 0.15) is 23.4 Å². The Hall–Kier alpha value is -3.46. The van der Waals surface area contributed by atoms with Crippen LogP contribution >= 0.6 is 23.2 Å². The van der Waals surface area contributed by atoms with E-state index >= 15 is 0 Å². The predicted molar refractivity (Wildman–Crippen MR) is 163 cm³/mol. The predicted octanol–water partition coefficient (Wildman–Crippen LogP) is 2.89. The van der Waals surface area contributed by atoms with Gasteiger partial charge in [-0.2, -0.15) is 4.31 Å². The molecule has 13 nitrogen and oxygen atoms in total. The molecule has 2 saturated heterocycles. The molecular weight excluding hydrogens is 633 g/mol. The van der Waals surface area contributed by atoms with Crippen LogP contribution in [0.4, 0.5) is 4.79 Å². The van der Waals surface area contributed by atoms with Crippen LogP contribution in [0.25, 0.3) is 11.0 Å². The fraction of sp³-hybridized carbons (Fsp3) is 0.464. The van der Waals surface area contributed by atoms with Crippen LogP contribution in [0.1, 0.15) is 31.5 Å². The Morgan fingerprint density at radius 2 is 1.80 bits per heavy atom. The van der Waals surface area contributed by atoms with Gasteiger partial charge in [0.05, 0.1) is 23.2 Å². The number of aromatic nitrogens is 3. The van der Waals surface area contributed by atoms with E-state index in [9.17, 15) is 27.9 Å². The first-order valence-corrected chi connectivity index (χ1v) is 16.4. The first kappa shape index (κ1) is 31.9. The number of likely N-dealkylation sites (tertiary alicyclic amines) is 1. The number of piperidine rings is 1. The normalized spacial score (nSPS) is 18.8. The lowest BCUT2D eigenvalue weighted by atomic mass is 9.97. The highest BCUT2D eigenvalue weighted by atomic mass is 35.5. The van der Waals surface area contributed by atoms with Gasteiger partial charge in [-0.3, -0.25) is 9.78 Å². The van der Waals surface area contributed by atoms with Crippen LogP contribution in [0.3, 0.4) is 0 Å². The summed E-state index contributed by atoms with van der Waals surface area (Å²) in [6.07, 6.45) is 5.62. The van der Waals surface area contributed by atoms with Crippen LogP contribution in [0.5, 0.6) is 0 Å². The molecule has 2 aliphatic heterocycles. The van der Waals surface area contributed by atoms with Crippen molar-refractivity contribution in [2.45, 2.75) is 56.1 Å². The maximum absolute atomic E-state index is 13.3. The Bertz CT molecular complexity index is 1660. The zero-order chi connectivity index (χ0) is 31.6. The first-order valence-electron chi connectivity index (χ1n) is 14.2. The molecule has 0 saturated carbocycles. The Labute approximate surface area is 264 Å². The number of nitrogens with one attached hydrogen (secondary N) is 2. The maximum atomic E-state index is 13.3. The number of carbonyl (C=O) groups excluding carboxylic acids is 2. The standard InChI is InChI=1S/C28H33Cl2N7O6S/c1-17-33-22-14-31-7-4-24(22)36(17)16-18-5-9-35(10-6-18)28(41)32-15-23(27(39)40)34-26(38)25-3-2-8-37(25)44(42,43)21-12-19(29)11-20(30)13-21/h4,7,11-14,18,23,25H,2-3,5-6,8-10,15-16H2,1H3,(H,32,41)(H,34,38)(H,39,40)/t23-,25+/m0/s1. The lowest BCUT2D eigenvalue weighted by Crippen LogP contribution is -2.55. The number of carboxylic acid groups (broad SMARTS) is 1. The Kier molecular flexibility index (Phi) is 9.63. The molecule has 16 heteroatoms. The number of hydrogen-bond donors (Lipinski definition) is 3. The van der Waals surface area contributed by atoms with Crippen LogP contribution in [0.15, 0.2) is 41.6 Å². The van der Waals surface area contributed by atoms with Gasteiger partial charge in [-0.05, 0) is 62.8 Å². The molecule has 2 atom stereocenters. The van der Waals surface area contributed by atoms with Crippen molar-refractivity contribution in [3.63, 3.8) is 0 Å². The van der Waals surface area contributed by atoms with E-state index in [1.54, 1.807) is 17.3 Å². The molecule has 0 unspecified atom stereocenters. The number of benzene rings is 1. The van der Waals surface area contributed by atoms with Crippen LogP contribution in [0.2, 0.25) is 10.0 Å². The molecule has 0 spiro atoms. The van der Waals surface area contributed by atoms with Gasteiger partial charge in [-0.1, -0.05) is 23.2 Å². The third-order valence-corrected chi connectivity index (χ3v) is 10.4. The summed E-state index contributed by atoms with van der Waals surface area (Å²) in [6, 6.07) is 2.81. The zero-order valence-electron chi connectivity index (χ0n) is 23.9. The average molecular weight is 667 g/mol. The van der Waals surface area contributed by atoms with Crippen molar-refractivity contribution in [2.75, 3.05) is 26.2 Å². The number of carboxylic acids is 1. The van der Waals surface area contributed by atoms with Crippen LogP contribution in [-0.2, 0) is 26.2 Å². The SMILES string of the molecule is Cc1nc2cnccc2n1CC1CCN(C(=O)NC[C@H](NC(=O)[C@H]2CCCN2S(=O)(=O)c2cc(Cl)cc(Cl)c2)C(=O)O)CC1. The second kappa shape index (κ2) is 13.3. The van der Waals surface area contributed by atoms with Crippen molar-refractivity contribution in [1.29, 1.82) is 0 Å². The molecule has 3 aromatic rings. The van der Waals surface area contributed by atoms with E-state index in [1.807, 2.05) is 13.0 Å². The number of halogens is 2. The van der Waals surface area contributed by atoms with E-state index in [2.05, 4.69) is 25.2 Å². The summed E-state index contributed by atoms with van der Waals surface area (Å²) in [5.41, 5.74) is 1.86. The van der Waals surface area contributed by atoms with E-state index in [-0.39, 0.29) is 34.5 Å². The van der Waals surface area contributed by atoms with Crippen molar-refractivity contribution in [3.05, 3.63) is 52.5 Å². The number of rotatable bonds is 9. The number of hydrogen-bond acceptors (Lipinski definition) is 7. The number of aryl methyl sites for hydroxylation is 1. The molecule has 5 rings (SSSR count). The summed E-state index contributed by atoms with van der Waals surface area (Å²) in [4.78, 5) is 48.2. The van der Waals surface area contributed by atoms with Crippen molar-refractivity contribution < 1.29 is 27.9 Å². The van der Waals surface area contributed by atoms with Crippen molar-refractivity contribution in [2.24, 2.45) is 5.92 Å². The van der Waals surface area contributed by atoms with Gasteiger partial charge >= 0.3 is 12.0 Å². The topological polar surface area (TPSA) is 167 Å². The molecule has 0 bridgehead atoms. The highest BCUT2D eigenvalue weighted by molar-refractivity contribution is 7.89. The third-order valence-electron chi connectivity index (χ3n) is 8.10. The fourth-order valence-corrected chi connectivity index (χ4v) is 8.16. The molecule has 3 N–H and O–H groups in total. The Morgan fingerprint density at radius 3 is 2.48 bits per heavy atom. The molecule has 0 aliphatic carbocycles. The lowest BCUT2D eigenvalue weighted by Gasteiger charge is -2.32. The molecule has 4 heterocycles. The highest BCUT2D eigenvalue weighted by Gasteiger charge is 2.41. The van der Waals surface area contributed by atoms with Gasteiger partial charge in [0.2, 0.25) is 15.9 Å². The van der Waals surface area contributed by atoms with Gasteiger partial charge in [-0.15, -0.1) is 0 Å². The number of nitrogens with zero attached hydrogens (tertiary/aromatic N) is 5. The minimum atomic E-state index is -4.14. The van der Waals surface area contributed by atoms with Gasteiger partial charge in [-0.25, -0.2) is 23.0 Å². The molecule has 2 aromatic heterocycles. The monoisotopic (exact) mass is 665 g/mol. The van der Waals surface area contributed by atoms with E-state index in [1.165, 1.54) is 18.2 Å². The van der Waals surface area contributed by atoms with E-state index < -0.39 is 40.0 Å². The molecule has 236 valence electrons. The summed E-state index contributed by atoms with van der Waals surface area (Å²) < 4.78 is 29.8. The van der Waals surface area contributed by atoms with Crippen molar-refractivity contribution in [1.82, 2.24) is 34.4 Å². The molecule has 2 fully saturated rings. The van der Waals surface area contributed by atoms with E-state index in [0.29, 0.717) is 25.4 Å². The van der Waals surface area contributed by atoms with Gasteiger partial charge in [0, 0.05) is 42.4 Å². The summed E-state index contributed by atoms with van der Waals surface area (Å²) in [5, 5.41) is 15.0. The minimum Gasteiger partial charge on any atom is -0.480 e. The van der Waals surface area contributed by atoms with Crippen LogP contribution < -0.4 is 10.6 Å². The summed E-state index contributed by atoms with van der Waals surface area (Å²) in [6.45, 7) is 3.43. The van der Waals surface area contributed by atoms with E-state index in [4.69, 9.17) is 23.2 Å². The number of urea groups is 1. The molecular formula is C28H33Cl2N7O6S. The average Bonchev–Trinajstić information content (AvgIpc) is 3.60. The molecule has 0 radical (unpaired) electrons. The number of amides is 3. The van der Waals surface area contributed by atoms with Crippen molar-refractivity contribution >= 4 is 62.2 Å². The number of imidazole rings is 1. The second-order valence-electron chi connectivity index (χ2n) is 11.0. The second-order valence-corrected chi connectivity index (χ2v) is 13.8. The molecule has 44 heavy (non-hydrogen) atoms. The molecule has 2 aliphatic rings. The maximum Gasteiger partial charge on any atom is 0.328 e. The van der Waals surface area contributed by atoms with Gasteiger partial charge in [0.15, 0.2) is 0 Å². The summed E-state index contributed by atoms with van der Waals surface area (Å²) in [7, 11) is -4.14. The largest absolute Gasteiger partial charge is 0.480 e. The van der Waals surface area contributed by atoms with Gasteiger partial charge < -0.3 is 25.2 Å². The first-order chi connectivity index (χ1) is 20.9. The van der Waals surface area contributed by atoms with Crippen molar-refractivity contribution in [3.8, 4) is 0 Å². The molecule has 1 aromatic carbocycles. The molecule has 3 amide bonds. The number of sulfonamides is 1. The van der Waals surface area contributed by atoms with E-state index in [0.717, 1.165) is 40.5 Å². The fourth-order valence-electron chi connectivity index (χ4n) is 5.78. The Balaban J connectivity index is 1.14. The quantitative estimate of drug-likeness (QED) is 0.314. The number of fused-ring (bicyclic) bond motifs is 1. The minimum absolute atomic E-state index is 0.0722. The summed E-state index contributed by atoms with van der Waals surface area (Å²) in [5.74, 6) is -0.880.